The zero-order valence-electron chi connectivity index (χ0n) is 21.8. The van der Waals surface area contributed by atoms with Gasteiger partial charge in [-0.2, -0.15) is 0 Å². The monoisotopic (exact) mass is 542 g/mol. The fourth-order valence-corrected chi connectivity index (χ4v) is 6.49. The van der Waals surface area contributed by atoms with Crippen molar-refractivity contribution in [2.75, 3.05) is 20.7 Å². The number of carbonyl (C=O) groups excluding carboxylic acids is 6. The number of aromatic hydroxyl groups is 1. The van der Waals surface area contributed by atoms with Gasteiger partial charge in [-0.15, -0.1) is 0 Å². The van der Waals surface area contributed by atoms with Gasteiger partial charge in [0, 0.05) is 17.6 Å². The van der Waals surface area contributed by atoms with Gasteiger partial charge in [-0.3, -0.25) is 28.9 Å². The van der Waals surface area contributed by atoms with Crippen LogP contribution in [-0.2, 0) is 28.7 Å². The van der Waals surface area contributed by atoms with E-state index in [9.17, 15) is 44.1 Å². The number of Topliss-reactive ketones (excluding diaryl/α,β-unsaturated/α-hetero) is 4. The highest BCUT2D eigenvalue weighted by molar-refractivity contribution is 6.32. The van der Waals surface area contributed by atoms with Crippen molar-refractivity contribution >= 4 is 41.1 Å². The number of carbonyl (C=O) groups is 6. The zero-order chi connectivity index (χ0) is 29.1. The van der Waals surface area contributed by atoms with Gasteiger partial charge in [0.25, 0.3) is 0 Å². The van der Waals surface area contributed by atoms with Crippen LogP contribution in [0.3, 0.4) is 0 Å². The molecule has 208 valence electrons. The van der Waals surface area contributed by atoms with E-state index in [0.29, 0.717) is 5.56 Å². The second-order valence-corrected chi connectivity index (χ2v) is 10.4. The van der Waals surface area contributed by atoms with Crippen molar-refractivity contribution in [1.29, 1.82) is 0 Å². The number of nitrogens with zero attached hydrogens (tertiary/aromatic N) is 1. The van der Waals surface area contributed by atoms with Crippen molar-refractivity contribution in [3.8, 4) is 5.75 Å². The highest BCUT2D eigenvalue weighted by Crippen LogP contribution is 2.54. The molecule has 0 spiro atoms. The Morgan fingerprint density at radius 2 is 1.79 bits per heavy atom. The van der Waals surface area contributed by atoms with Gasteiger partial charge in [-0.1, -0.05) is 19.1 Å². The molecular formula is C27H30N2O10. The predicted octanol–water partition coefficient (Wildman–Crippen LogP) is -1.02. The lowest BCUT2D eigenvalue weighted by Crippen LogP contribution is -2.77. The van der Waals surface area contributed by atoms with Crippen LogP contribution >= 0.6 is 0 Å². The maximum absolute atomic E-state index is 13.9. The minimum absolute atomic E-state index is 0.0713. The van der Waals surface area contributed by atoms with Gasteiger partial charge < -0.3 is 25.8 Å². The molecule has 1 aromatic rings. The summed E-state index contributed by atoms with van der Waals surface area (Å²) in [6, 6.07) is 1.53. The van der Waals surface area contributed by atoms with Crippen LogP contribution in [-0.4, -0.2) is 93.7 Å². The molecule has 3 aliphatic carbocycles. The largest absolute Gasteiger partial charge is 0.507 e. The van der Waals surface area contributed by atoms with E-state index in [1.807, 2.05) is 0 Å². The van der Waals surface area contributed by atoms with Crippen molar-refractivity contribution in [1.82, 2.24) is 4.90 Å². The molecule has 0 aromatic heterocycles. The molecule has 2 saturated carbocycles. The molecule has 0 bridgehead atoms. The average molecular weight is 543 g/mol. The van der Waals surface area contributed by atoms with Crippen LogP contribution in [0.5, 0.6) is 5.75 Å². The van der Waals surface area contributed by atoms with Gasteiger partial charge in [0.2, 0.25) is 5.91 Å². The van der Waals surface area contributed by atoms with Gasteiger partial charge >= 0.3 is 5.97 Å². The van der Waals surface area contributed by atoms with Gasteiger partial charge in [-0.05, 0) is 38.6 Å². The number of aliphatic hydroxyl groups is 2. The molecular weight excluding hydrogens is 512 g/mol. The number of benzene rings is 1. The Balaban J connectivity index is 1.88. The summed E-state index contributed by atoms with van der Waals surface area (Å²) < 4.78 is 4.81. The van der Waals surface area contributed by atoms with Gasteiger partial charge in [0.15, 0.2) is 34.7 Å². The van der Waals surface area contributed by atoms with E-state index >= 15 is 0 Å². The molecule has 1 aromatic carbocycles. The summed E-state index contributed by atoms with van der Waals surface area (Å²) in [6.45, 7) is 3.36. The third kappa shape index (κ3) is 3.93. The average Bonchev–Trinajstić information content (AvgIpc) is 2.85. The molecule has 12 heteroatoms. The molecule has 3 aliphatic rings. The van der Waals surface area contributed by atoms with Crippen molar-refractivity contribution in [2.45, 2.75) is 37.5 Å². The van der Waals surface area contributed by atoms with Gasteiger partial charge in [0.1, 0.15) is 5.75 Å². The van der Waals surface area contributed by atoms with Crippen LogP contribution in [0.2, 0.25) is 0 Å². The number of likely N-dealkylation sites (N-methyl/N-ethyl adjacent to an activating group) is 1. The Kier molecular flexibility index (Phi) is 7.09. The Hall–Kier alpha value is -3.74. The van der Waals surface area contributed by atoms with Crippen LogP contribution in [0.15, 0.2) is 18.2 Å². The van der Waals surface area contributed by atoms with E-state index in [1.165, 1.54) is 37.2 Å². The first-order chi connectivity index (χ1) is 18.2. The number of hydrogen-bond donors (Lipinski definition) is 4. The number of aliphatic hydroxyl groups excluding tert-OH is 1. The minimum atomic E-state index is -3.06. The van der Waals surface area contributed by atoms with Crippen LogP contribution in [0.4, 0.5) is 0 Å². The highest BCUT2D eigenvalue weighted by Gasteiger charge is 2.72. The fraction of sp³-hybridized carbons (Fsp3) is 0.481. The lowest BCUT2D eigenvalue weighted by Gasteiger charge is -2.56. The molecule has 0 aliphatic heterocycles. The zero-order valence-corrected chi connectivity index (χ0v) is 21.8. The summed E-state index contributed by atoms with van der Waals surface area (Å²) in [4.78, 5) is 79.3. The van der Waals surface area contributed by atoms with Crippen molar-refractivity contribution in [3.63, 3.8) is 0 Å². The predicted molar refractivity (Wildman–Crippen MR) is 133 cm³/mol. The molecule has 0 saturated heterocycles. The Labute approximate surface area is 223 Å². The number of rotatable bonds is 5. The van der Waals surface area contributed by atoms with E-state index in [4.69, 9.17) is 10.5 Å². The SMILES string of the molecule is CCOC(=O)C=Cc1ccc2c(c1O)C(=O)C1C(=O)[C@@]3(O)C(=O)C(C(N)=O)C(=O)[C@H](N(C)C)[C@H]3[C@H](O)[C@H]1[C@@H]2C. The second kappa shape index (κ2) is 9.78. The molecule has 2 fully saturated rings. The van der Waals surface area contributed by atoms with Gasteiger partial charge in [-0.25, -0.2) is 4.79 Å². The number of primary amides is 1. The van der Waals surface area contributed by atoms with Crippen LogP contribution < -0.4 is 5.73 Å². The quantitative estimate of drug-likeness (QED) is 0.201. The minimum Gasteiger partial charge on any atom is -0.507 e. The normalized spacial score (nSPS) is 34.1. The lowest BCUT2D eigenvalue weighted by atomic mass is 9.49. The molecule has 4 rings (SSSR count). The number of amides is 1. The number of esters is 1. The standard InChI is InChI=1S/C27H30N2O10/c1-5-39-13(30)9-7-11-6-8-12-10(2)14-16(21(32)15(12)20(11)31)24(35)27(38)18(22(14)33)19(29(3)4)23(34)17(25(27)36)26(28)37/h6-10,14,16-19,22,31,33,38H,5H2,1-4H3,(H2,28,37)/t10-,14+,16?,17?,18+,19-,22-,27-/m1/s1. The fourth-order valence-electron chi connectivity index (χ4n) is 6.49. The third-order valence-electron chi connectivity index (χ3n) is 8.21. The van der Waals surface area contributed by atoms with Gasteiger partial charge in [0.05, 0.1) is 36.2 Å². The first kappa shape index (κ1) is 28.3. The summed E-state index contributed by atoms with van der Waals surface area (Å²) in [5, 5.41) is 34.2. The number of hydrogen-bond acceptors (Lipinski definition) is 11. The topological polar surface area (TPSA) is 202 Å². The molecule has 5 N–H and O–H groups in total. The second-order valence-electron chi connectivity index (χ2n) is 10.4. The van der Waals surface area contributed by atoms with E-state index in [0.717, 1.165) is 6.08 Å². The summed E-state index contributed by atoms with van der Waals surface area (Å²) >= 11 is 0. The molecule has 39 heavy (non-hydrogen) atoms. The van der Waals surface area contributed by atoms with E-state index in [2.05, 4.69) is 0 Å². The molecule has 2 unspecified atom stereocenters. The number of phenols is 1. The maximum atomic E-state index is 13.9. The van der Waals surface area contributed by atoms with E-state index in [-0.39, 0.29) is 17.7 Å². The maximum Gasteiger partial charge on any atom is 0.330 e. The summed E-state index contributed by atoms with van der Waals surface area (Å²) in [6.07, 6.45) is 0.578. The molecule has 8 atom stereocenters. The number of ketones is 4. The number of nitrogens with two attached hydrogens (primary N) is 1. The van der Waals surface area contributed by atoms with Crippen LogP contribution in [0, 0.1) is 23.7 Å². The highest BCUT2D eigenvalue weighted by atomic mass is 16.5. The van der Waals surface area contributed by atoms with Crippen molar-refractivity contribution in [2.24, 2.45) is 29.4 Å². The molecule has 0 radical (unpaired) electrons. The van der Waals surface area contributed by atoms with Crippen LogP contribution in [0.25, 0.3) is 6.08 Å². The molecule has 0 heterocycles. The summed E-state index contributed by atoms with van der Waals surface area (Å²) in [7, 11) is 2.85. The number of ether oxygens (including phenoxy) is 1. The first-order valence-corrected chi connectivity index (χ1v) is 12.4. The Morgan fingerprint density at radius 1 is 1.15 bits per heavy atom. The lowest BCUT2D eigenvalue weighted by molar-refractivity contribution is -0.196. The van der Waals surface area contributed by atoms with E-state index in [1.54, 1.807) is 13.8 Å². The molecule has 12 nitrogen and oxygen atoms in total. The smallest absolute Gasteiger partial charge is 0.330 e. The van der Waals surface area contributed by atoms with E-state index < -0.39 is 88.1 Å². The first-order valence-electron chi connectivity index (χ1n) is 12.4. The third-order valence-corrected chi connectivity index (χ3v) is 8.21. The summed E-state index contributed by atoms with van der Waals surface area (Å²) in [5.74, 6) is -14.7. The Morgan fingerprint density at radius 3 is 2.36 bits per heavy atom. The molecule has 1 amide bonds. The number of phenolic OH excluding ortho intramolecular Hbond substituents is 1. The number of fused-ring (bicyclic) bond motifs is 3. The summed E-state index contributed by atoms with van der Waals surface area (Å²) in [5.41, 5.74) is 2.35. The van der Waals surface area contributed by atoms with Crippen molar-refractivity contribution in [3.05, 3.63) is 34.9 Å². The van der Waals surface area contributed by atoms with Crippen LogP contribution in [0.1, 0.15) is 41.3 Å². The van der Waals surface area contributed by atoms with Crippen molar-refractivity contribution < 1.29 is 48.8 Å². The Bertz CT molecular complexity index is 1330.